The Labute approximate surface area is 101 Å². The Kier molecular flexibility index (Phi) is 2.81. The summed E-state index contributed by atoms with van der Waals surface area (Å²) in [5.41, 5.74) is 1.90. The van der Waals surface area contributed by atoms with E-state index in [1.807, 2.05) is 11.4 Å². The molecule has 0 fully saturated rings. The first-order valence-electron chi connectivity index (χ1n) is 4.40. The van der Waals surface area contributed by atoms with Crippen LogP contribution in [0.3, 0.4) is 0 Å². The van der Waals surface area contributed by atoms with Crippen LogP contribution in [0.25, 0.3) is 11.3 Å². The van der Waals surface area contributed by atoms with Crippen molar-refractivity contribution in [3.63, 3.8) is 0 Å². The standard InChI is InChI=1S/C10H7N3OS2/c1-5-7(8-4-16-10(15)13-8)2-6(3-11)9(14)12-5/h2,4H,1H3,(H,12,14)(H,13,15). The Morgan fingerprint density at radius 3 is 2.94 bits per heavy atom. The van der Waals surface area contributed by atoms with Gasteiger partial charge in [0.15, 0.2) is 0 Å². The first kappa shape index (κ1) is 10.9. The van der Waals surface area contributed by atoms with Gasteiger partial charge in [-0.05, 0) is 13.0 Å². The van der Waals surface area contributed by atoms with Crippen molar-refractivity contribution in [1.82, 2.24) is 9.97 Å². The molecular formula is C10H7N3OS2. The lowest BCUT2D eigenvalue weighted by Crippen LogP contribution is -2.11. The topological polar surface area (TPSA) is 69.5 Å². The Morgan fingerprint density at radius 2 is 2.38 bits per heavy atom. The number of pyridine rings is 1. The van der Waals surface area contributed by atoms with Crippen LogP contribution in [0.1, 0.15) is 11.3 Å². The predicted molar refractivity (Wildman–Crippen MR) is 64.9 cm³/mol. The Hall–Kier alpha value is -1.58. The molecule has 80 valence electrons. The minimum Gasteiger partial charge on any atom is -0.325 e. The summed E-state index contributed by atoms with van der Waals surface area (Å²) in [6.07, 6.45) is 0. The average molecular weight is 249 g/mol. The highest BCUT2D eigenvalue weighted by molar-refractivity contribution is 7.82. The molecule has 0 bridgehead atoms. The SMILES string of the molecule is Cc1[nH]c(=O)c(C#N)cc1-c1csc(S)n1. The fraction of sp³-hybridized carbons (Fsp3) is 0.100. The number of hydrogen-bond donors (Lipinski definition) is 2. The average Bonchev–Trinajstić information content (AvgIpc) is 2.65. The highest BCUT2D eigenvalue weighted by atomic mass is 32.2. The normalized spacial score (nSPS) is 10.1. The lowest BCUT2D eigenvalue weighted by Gasteiger charge is -2.02. The lowest BCUT2D eigenvalue weighted by atomic mass is 10.1. The van der Waals surface area contributed by atoms with Gasteiger partial charge in [-0.2, -0.15) is 5.26 Å². The van der Waals surface area contributed by atoms with Crippen molar-refractivity contribution in [3.05, 3.63) is 33.1 Å². The second-order valence-electron chi connectivity index (χ2n) is 3.18. The van der Waals surface area contributed by atoms with E-state index < -0.39 is 0 Å². The van der Waals surface area contributed by atoms with E-state index in [1.165, 1.54) is 11.3 Å². The molecule has 1 N–H and O–H groups in total. The molecular weight excluding hydrogens is 242 g/mol. The molecule has 0 aliphatic carbocycles. The second kappa shape index (κ2) is 4.12. The molecule has 6 heteroatoms. The molecule has 4 nitrogen and oxygen atoms in total. The van der Waals surface area contributed by atoms with Gasteiger partial charge in [0.05, 0.1) is 5.69 Å². The van der Waals surface area contributed by atoms with Crippen molar-refractivity contribution < 1.29 is 0 Å². The maximum atomic E-state index is 11.3. The van der Waals surface area contributed by atoms with Gasteiger partial charge < -0.3 is 4.98 Å². The molecule has 2 rings (SSSR count). The molecule has 0 aliphatic heterocycles. The van der Waals surface area contributed by atoms with Crippen molar-refractivity contribution in [1.29, 1.82) is 5.26 Å². The van der Waals surface area contributed by atoms with Crippen molar-refractivity contribution in [2.45, 2.75) is 11.3 Å². The van der Waals surface area contributed by atoms with Gasteiger partial charge in [-0.3, -0.25) is 4.79 Å². The number of thiazole rings is 1. The minimum atomic E-state index is -0.370. The monoisotopic (exact) mass is 249 g/mol. The molecule has 2 aromatic rings. The maximum Gasteiger partial charge on any atom is 0.266 e. The van der Waals surface area contributed by atoms with Crippen LogP contribution in [-0.2, 0) is 0 Å². The van der Waals surface area contributed by atoms with E-state index in [4.69, 9.17) is 5.26 Å². The molecule has 2 heterocycles. The van der Waals surface area contributed by atoms with Crippen LogP contribution in [0.4, 0.5) is 0 Å². The number of aryl methyl sites for hydroxylation is 1. The number of aromatic nitrogens is 2. The number of nitrogens with one attached hydrogen (secondary N) is 1. The predicted octanol–water partition coefficient (Wildman–Crippen LogP) is 1.97. The Bertz CT molecular complexity index is 636. The molecule has 0 atom stereocenters. The number of nitrogens with zero attached hydrogens (tertiary/aromatic N) is 2. The quantitative estimate of drug-likeness (QED) is 0.759. The third-order valence-electron chi connectivity index (χ3n) is 2.13. The third kappa shape index (κ3) is 1.87. The molecule has 0 unspecified atom stereocenters. The van der Waals surface area contributed by atoms with Crippen molar-refractivity contribution in [3.8, 4) is 17.3 Å². The fourth-order valence-corrected chi connectivity index (χ4v) is 2.17. The molecule has 2 aromatic heterocycles. The largest absolute Gasteiger partial charge is 0.325 e. The zero-order valence-corrected chi connectivity index (χ0v) is 10.0. The molecule has 0 radical (unpaired) electrons. The third-order valence-corrected chi connectivity index (χ3v) is 3.19. The molecule has 0 spiro atoms. The molecule has 0 aliphatic rings. The van der Waals surface area contributed by atoms with Crippen molar-refractivity contribution in [2.75, 3.05) is 0 Å². The summed E-state index contributed by atoms with van der Waals surface area (Å²) in [6.45, 7) is 1.77. The van der Waals surface area contributed by atoms with Gasteiger partial charge in [-0.15, -0.1) is 24.0 Å². The summed E-state index contributed by atoms with van der Waals surface area (Å²) in [4.78, 5) is 18.2. The number of H-pyrrole nitrogens is 1. The van der Waals surface area contributed by atoms with Gasteiger partial charge in [0.2, 0.25) is 0 Å². The van der Waals surface area contributed by atoms with Crippen LogP contribution in [0.15, 0.2) is 20.6 Å². The van der Waals surface area contributed by atoms with Gasteiger partial charge in [-0.25, -0.2) is 4.98 Å². The molecule has 0 saturated heterocycles. The van der Waals surface area contributed by atoms with Crippen molar-refractivity contribution in [2.24, 2.45) is 0 Å². The van der Waals surface area contributed by atoms with Gasteiger partial charge in [0.1, 0.15) is 16.0 Å². The highest BCUT2D eigenvalue weighted by Crippen LogP contribution is 2.25. The molecule has 0 aromatic carbocycles. The van der Waals surface area contributed by atoms with Gasteiger partial charge in [0, 0.05) is 16.6 Å². The first-order chi connectivity index (χ1) is 7.61. The number of rotatable bonds is 1. The zero-order chi connectivity index (χ0) is 11.7. The highest BCUT2D eigenvalue weighted by Gasteiger charge is 2.09. The smallest absolute Gasteiger partial charge is 0.266 e. The summed E-state index contributed by atoms with van der Waals surface area (Å²) in [7, 11) is 0. The summed E-state index contributed by atoms with van der Waals surface area (Å²) in [6, 6.07) is 3.40. The number of nitriles is 1. The van der Waals surface area contributed by atoms with Crippen molar-refractivity contribution >= 4 is 24.0 Å². The van der Waals surface area contributed by atoms with E-state index in [0.717, 1.165) is 11.3 Å². The van der Waals surface area contributed by atoms with E-state index in [2.05, 4.69) is 22.6 Å². The van der Waals surface area contributed by atoms with Gasteiger partial charge >= 0.3 is 0 Å². The second-order valence-corrected chi connectivity index (χ2v) is 4.76. The van der Waals surface area contributed by atoms with E-state index in [-0.39, 0.29) is 11.1 Å². The first-order valence-corrected chi connectivity index (χ1v) is 5.73. The van der Waals surface area contributed by atoms with E-state index >= 15 is 0 Å². The number of thiol groups is 1. The van der Waals surface area contributed by atoms with E-state index in [1.54, 1.807) is 13.0 Å². The summed E-state index contributed by atoms with van der Waals surface area (Å²) in [5.74, 6) is 0. The van der Waals surface area contributed by atoms with Crippen LogP contribution in [0.5, 0.6) is 0 Å². The molecule has 0 saturated carbocycles. The van der Waals surface area contributed by atoms with Crippen LogP contribution in [0, 0.1) is 18.3 Å². The Balaban J connectivity index is 2.67. The number of aromatic amines is 1. The van der Waals surface area contributed by atoms with Crippen LogP contribution in [0.2, 0.25) is 0 Å². The fourth-order valence-electron chi connectivity index (χ4n) is 1.36. The summed E-state index contributed by atoms with van der Waals surface area (Å²) >= 11 is 5.53. The van der Waals surface area contributed by atoms with Gasteiger partial charge in [-0.1, -0.05) is 0 Å². The summed E-state index contributed by atoms with van der Waals surface area (Å²) in [5, 5.41) is 10.6. The lowest BCUT2D eigenvalue weighted by molar-refractivity contribution is 1.12. The Morgan fingerprint density at radius 1 is 1.62 bits per heavy atom. The van der Waals surface area contributed by atoms with Crippen LogP contribution >= 0.6 is 24.0 Å². The molecule has 0 amide bonds. The number of hydrogen-bond acceptors (Lipinski definition) is 5. The summed E-state index contributed by atoms with van der Waals surface area (Å²) < 4.78 is 0.652. The minimum absolute atomic E-state index is 0.0920. The molecule has 16 heavy (non-hydrogen) atoms. The maximum absolute atomic E-state index is 11.3. The van der Waals surface area contributed by atoms with Crippen LogP contribution < -0.4 is 5.56 Å². The zero-order valence-electron chi connectivity index (χ0n) is 8.31. The van der Waals surface area contributed by atoms with Crippen LogP contribution in [-0.4, -0.2) is 9.97 Å². The van der Waals surface area contributed by atoms with Gasteiger partial charge in [0.25, 0.3) is 5.56 Å². The van der Waals surface area contributed by atoms with E-state index in [9.17, 15) is 4.79 Å². The van der Waals surface area contributed by atoms with E-state index in [0.29, 0.717) is 10.0 Å².